The van der Waals surface area contributed by atoms with Gasteiger partial charge in [-0.2, -0.15) is 0 Å². The molecule has 1 aliphatic rings. The number of amides is 1. The lowest BCUT2D eigenvalue weighted by Gasteiger charge is -2.13. The van der Waals surface area contributed by atoms with E-state index in [1.165, 1.54) is 0 Å². The molecule has 2 atom stereocenters. The van der Waals surface area contributed by atoms with Crippen LogP contribution in [0, 0.1) is 0 Å². The summed E-state index contributed by atoms with van der Waals surface area (Å²) in [5, 5.41) is 11.2. The standard InChI is InChI=1S/C11H13NO3S/c13-11(14)12-9(10-6-15-10)7-16-8-4-2-1-3-5-8/h1-5,9-10,12H,6-7H2,(H,13,14)/t9-,10+/m0/s1. The lowest BCUT2D eigenvalue weighted by molar-refractivity contribution is 0.188. The molecule has 2 N–H and O–H groups in total. The molecular formula is C11H13NO3S. The molecule has 0 aliphatic carbocycles. The Kier molecular flexibility index (Phi) is 3.69. The summed E-state index contributed by atoms with van der Waals surface area (Å²) in [7, 11) is 0. The molecule has 2 rings (SSSR count). The van der Waals surface area contributed by atoms with E-state index in [4.69, 9.17) is 9.84 Å². The minimum absolute atomic E-state index is 0.0484. The van der Waals surface area contributed by atoms with E-state index in [9.17, 15) is 4.79 Å². The van der Waals surface area contributed by atoms with Crippen molar-refractivity contribution >= 4 is 17.9 Å². The molecule has 1 saturated heterocycles. The highest BCUT2D eigenvalue weighted by atomic mass is 32.2. The van der Waals surface area contributed by atoms with Crippen molar-refractivity contribution in [2.75, 3.05) is 12.4 Å². The van der Waals surface area contributed by atoms with Gasteiger partial charge in [0.05, 0.1) is 12.6 Å². The van der Waals surface area contributed by atoms with Gasteiger partial charge in [0.15, 0.2) is 0 Å². The van der Waals surface area contributed by atoms with Crippen molar-refractivity contribution in [2.45, 2.75) is 17.0 Å². The van der Waals surface area contributed by atoms with E-state index in [0.29, 0.717) is 12.4 Å². The van der Waals surface area contributed by atoms with Crippen molar-refractivity contribution in [2.24, 2.45) is 0 Å². The molecule has 1 aromatic carbocycles. The summed E-state index contributed by atoms with van der Waals surface area (Å²) in [5.74, 6) is 0.695. The topological polar surface area (TPSA) is 61.9 Å². The van der Waals surface area contributed by atoms with E-state index >= 15 is 0 Å². The summed E-state index contributed by atoms with van der Waals surface area (Å²) in [6.45, 7) is 0.653. The SMILES string of the molecule is O=C(O)N[C@@H](CSc1ccccc1)[C@H]1CO1. The minimum Gasteiger partial charge on any atom is -0.465 e. The smallest absolute Gasteiger partial charge is 0.404 e. The molecule has 0 unspecified atom stereocenters. The van der Waals surface area contributed by atoms with E-state index in [1.807, 2.05) is 30.3 Å². The second kappa shape index (κ2) is 5.23. The number of epoxide rings is 1. The van der Waals surface area contributed by atoms with Crippen LogP contribution >= 0.6 is 11.8 Å². The van der Waals surface area contributed by atoms with Gasteiger partial charge in [0, 0.05) is 10.6 Å². The Morgan fingerprint density at radius 1 is 1.56 bits per heavy atom. The van der Waals surface area contributed by atoms with Crippen LogP contribution in [0.5, 0.6) is 0 Å². The number of hydrogen-bond donors (Lipinski definition) is 2. The highest BCUT2D eigenvalue weighted by Gasteiger charge is 2.33. The quantitative estimate of drug-likeness (QED) is 0.607. The largest absolute Gasteiger partial charge is 0.465 e. The molecule has 0 bridgehead atoms. The molecule has 0 radical (unpaired) electrons. The van der Waals surface area contributed by atoms with Crippen LogP contribution in [-0.2, 0) is 4.74 Å². The van der Waals surface area contributed by atoms with Gasteiger partial charge in [-0.3, -0.25) is 0 Å². The van der Waals surface area contributed by atoms with Crippen LogP contribution < -0.4 is 5.32 Å². The number of carboxylic acid groups (broad SMARTS) is 1. The molecular weight excluding hydrogens is 226 g/mol. The predicted octanol–water partition coefficient (Wildman–Crippen LogP) is 1.81. The molecule has 0 saturated carbocycles. The van der Waals surface area contributed by atoms with E-state index in [1.54, 1.807) is 11.8 Å². The van der Waals surface area contributed by atoms with Crippen molar-refractivity contribution in [3.8, 4) is 0 Å². The molecule has 5 heteroatoms. The van der Waals surface area contributed by atoms with Gasteiger partial charge in [0.25, 0.3) is 0 Å². The zero-order valence-electron chi connectivity index (χ0n) is 8.63. The summed E-state index contributed by atoms with van der Waals surface area (Å²) in [5.41, 5.74) is 0. The third-order valence-corrected chi connectivity index (χ3v) is 3.42. The van der Waals surface area contributed by atoms with Crippen LogP contribution in [0.1, 0.15) is 0 Å². The third kappa shape index (κ3) is 3.43. The maximum atomic E-state index is 10.6. The average Bonchev–Trinajstić information content (AvgIpc) is 3.09. The first-order valence-corrected chi connectivity index (χ1v) is 6.03. The Morgan fingerprint density at radius 2 is 2.25 bits per heavy atom. The molecule has 0 aromatic heterocycles. The Balaban J connectivity index is 1.84. The number of rotatable bonds is 5. The zero-order valence-corrected chi connectivity index (χ0v) is 9.44. The second-order valence-electron chi connectivity index (χ2n) is 3.55. The fourth-order valence-electron chi connectivity index (χ4n) is 1.39. The van der Waals surface area contributed by atoms with Crippen LogP contribution in [0.2, 0.25) is 0 Å². The molecule has 4 nitrogen and oxygen atoms in total. The summed E-state index contributed by atoms with van der Waals surface area (Å²) >= 11 is 1.63. The normalized spacial score (nSPS) is 20.1. The minimum atomic E-state index is -0.992. The lowest BCUT2D eigenvalue weighted by Crippen LogP contribution is -2.39. The van der Waals surface area contributed by atoms with Gasteiger partial charge in [-0.1, -0.05) is 18.2 Å². The van der Waals surface area contributed by atoms with E-state index in [2.05, 4.69) is 5.32 Å². The third-order valence-electron chi connectivity index (χ3n) is 2.29. The molecule has 0 spiro atoms. The van der Waals surface area contributed by atoms with E-state index in [-0.39, 0.29) is 12.1 Å². The maximum Gasteiger partial charge on any atom is 0.404 e. The lowest BCUT2D eigenvalue weighted by atomic mass is 10.2. The maximum absolute atomic E-state index is 10.6. The summed E-state index contributed by atoms with van der Waals surface area (Å²) < 4.78 is 5.12. The number of hydrogen-bond acceptors (Lipinski definition) is 3. The van der Waals surface area contributed by atoms with Gasteiger partial charge < -0.3 is 15.2 Å². The molecule has 1 aromatic rings. The first-order chi connectivity index (χ1) is 7.75. The van der Waals surface area contributed by atoms with Crippen LogP contribution in [0.25, 0.3) is 0 Å². The average molecular weight is 239 g/mol. The van der Waals surface area contributed by atoms with Crippen molar-refractivity contribution in [1.82, 2.24) is 5.32 Å². The van der Waals surface area contributed by atoms with Crippen LogP contribution in [0.3, 0.4) is 0 Å². The number of thioether (sulfide) groups is 1. The monoisotopic (exact) mass is 239 g/mol. The molecule has 1 amide bonds. The van der Waals surface area contributed by atoms with Gasteiger partial charge in [-0.15, -0.1) is 11.8 Å². The van der Waals surface area contributed by atoms with Gasteiger partial charge in [0.2, 0.25) is 0 Å². The molecule has 1 heterocycles. The number of benzene rings is 1. The van der Waals surface area contributed by atoms with Gasteiger partial charge >= 0.3 is 6.09 Å². The molecule has 1 fully saturated rings. The first kappa shape index (κ1) is 11.3. The Bertz CT molecular complexity index is 354. The van der Waals surface area contributed by atoms with E-state index in [0.717, 1.165) is 4.90 Å². The summed E-state index contributed by atoms with van der Waals surface area (Å²) in [4.78, 5) is 11.7. The van der Waals surface area contributed by atoms with E-state index < -0.39 is 6.09 Å². The van der Waals surface area contributed by atoms with Crippen molar-refractivity contribution < 1.29 is 14.6 Å². The van der Waals surface area contributed by atoms with Crippen molar-refractivity contribution in [3.63, 3.8) is 0 Å². The summed E-state index contributed by atoms with van der Waals surface area (Å²) in [6.07, 6.45) is -0.943. The van der Waals surface area contributed by atoms with Crippen molar-refractivity contribution in [3.05, 3.63) is 30.3 Å². The number of nitrogens with one attached hydrogen (secondary N) is 1. The molecule has 1 aliphatic heterocycles. The van der Waals surface area contributed by atoms with Crippen LogP contribution in [-0.4, -0.2) is 35.7 Å². The molecule has 16 heavy (non-hydrogen) atoms. The van der Waals surface area contributed by atoms with Crippen LogP contribution in [0.4, 0.5) is 4.79 Å². The predicted molar refractivity (Wildman–Crippen MR) is 61.9 cm³/mol. The van der Waals surface area contributed by atoms with Gasteiger partial charge in [-0.05, 0) is 12.1 Å². The van der Waals surface area contributed by atoms with Crippen molar-refractivity contribution in [1.29, 1.82) is 0 Å². The van der Waals surface area contributed by atoms with Gasteiger partial charge in [0.1, 0.15) is 6.10 Å². The Morgan fingerprint density at radius 3 is 2.81 bits per heavy atom. The fraction of sp³-hybridized carbons (Fsp3) is 0.364. The highest BCUT2D eigenvalue weighted by Crippen LogP contribution is 2.23. The fourth-order valence-corrected chi connectivity index (χ4v) is 2.41. The number of carbonyl (C=O) groups is 1. The zero-order chi connectivity index (χ0) is 11.4. The Hall–Kier alpha value is -1.20. The van der Waals surface area contributed by atoms with Gasteiger partial charge in [-0.25, -0.2) is 4.79 Å². The van der Waals surface area contributed by atoms with Crippen LogP contribution in [0.15, 0.2) is 35.2 Å². The number of ether oxygens (including phenoxy) is 1. The first-order valence-electron chi connectivity index (χ1n) is 5.04. The Labute approximate surface area is 98.0 Å². The second-order valence-corrected chi connectivity index (χ2v) is 4.65. The summed E-state index contributed by atoms with van der Waals surface area (Å²) in [6, 6.07) is 9.79. The highest BCUT2D eigenvalue weighted by molar-refractivity contribution is 7.99. The molecule has 86 valence electrons.